The van der Waals surface area contributed by atoms with Gasteiger partial charge >= 0.3 is 0 Å². The first-order chi connectivity index (χ1) is 14.9. The maximum absolute atomic E-state index is 11.6. The number of unbranched alkanes of at least 4 members (excludes halogenated alkanes) is 2. The minimum atomic E-state index is 0.127. The van der Waals surface area contributed by atoms with Crippen molar-refractivity contribution in [1.82, 2.24) is 0 Å². The molecule has 0 N–H and O–H groups in total. The van der Waals surface area contributed by atoms with E-state index >= 15 is 0 Å². The Balaban J connectivity index is 1.67. The van der Waals surface area contributed by atoms with Gasteiger partial charge in [-0.3, -0.25) is 4.79 Å². The Morgan fingerprint density at radius 3 is 2.06 bits per heavy atom. The third kappa shape index (κ3) is 9.20. The van der Waals surface area contributed by atoms with Crippen LogP contribution in [0.1, 0.15) is 43.0 Å². The number of Topliss-reactive ketones (excluding diaryl/α,β-unsaturated/α-hetero) is 1. The van der Waals surface area contributed by atoms with Crippen LogP contribution in [0.3, 0.4) is 0 Å². The molecule has 0 spiro atoms. The SMILES string of the molecule is CCC(=O)c1ccc(OCCCCCOc2c(Cl)cc(OCC=C(Cl)Cl)cc2Cl)cc1. The maximum Gasteiger partial charge on any atom is 0.162 e. The number of ether oxygens (including phenoxy) is 3. The lowest BCUT2D eigenvalue weighted by atomic mass is 10.1. The number of ketones is 1. The summed E-state index contributed by atoms with van der Waals surface area (Å²) in [7, 11) is 0. The first-order valence-corrected chi connectivity index (χ1v) is 11.4. The van der Waals surface area contributed by atoms with Crippen LogP contribution in [0.4, 0.5) is 0 Å². The molecule has 0 unspecified atom stereocenters. The Kier molecular flexibility index (Phi) is 11.4. The topological polar surface area (TPSA) is 44.8 Å². The Morgan fingerprint density at radius 1 is 0.871 bits per heavy atom. The molecule has 31 heavy (non-hydrogen) atoms. The van der Waals surface area contributed by atoms with Crippen LogP contribution in [0.15, 0.2) is 47.0 Å². The van der Waals surface area contributed by atoms with E-state index in [-0.39, 0.29) is 16.9 Å². The van der Waals surface area contributed by atoms with Crippen molar-refractivity contribution in [2.24, 2.45) is 0 Å². The van der Waals surface area contributed by atoms with Gasteiger partial charge in [0.05, 0.1) is 23.3 Å². The molecular weight excluding hydrogens is 482 g/mol. The summed E-state index contributed by atoms with van der Waals surface area (Å²) in [5.74, 6) is 1.81. The summed E-state index contributed by atoms with van der Waals surface area (Å²) in [5, 5.41) is 0.744. The van der Waals surface area contributed by atoms with Gasteiger partial charge in [0.2, 0.25) is 0 Å². The van der Waals surface area contributed by atoms with Gasteiger partial charge in [0.15, 0.2) is 11.5 Å². The summed E-state index contributed by atoms with van der Waals surface area (Å²) in [6, 6.07) is 10.5. The average molecular weight is 506 g/mol. The van der Waals surface area contributed by atoms with Gasteiger partial charge in [-0.15, -0.1) is 0 Å². The Hall–Kier alpha value is -1.59. The van der Waals surface area contributed by atoms with Gasteiger partial charge < -0.3 is 14.2 Å². The second kappa shape index (κ2) is 13.7. The summed E-state index contributed by atoms with van der Waals surface area (Å²) >= 11 is 23.6. The Labute approximate surface area is 203 Å². The molecule has 0 aliphatic heterocycles. The highest BCUT2D eigenvalue weighted by Gasteiger charge is 2.10. The van der Waals surface area contributed by atoms with Gasteiger partial charge in [-0.25, -0.2) is 0 Å². The molecule has 2 rings (SSSR count). The molecule has 0 radical (unpaired) electrons. The van der Waals surface area contributed by atoms with Crippen LogP contribution >= 0.6 is 46.4 Å². The van der Waals surface area contributed by atoms with Crippen molar-refractivity contribution in [3.05, 3.63) is 62.6 Å². The van der Waals surface area contributed by atoms with Crippen molar-refractivity contribution in [3.8, 4) is 17.2 Å². The minimum absolute atomic E-state index is 0.127. The number of halogens is 4. The maximum atomic E-state index is 11.6. The molecule has 2 aromatic carbocycles. The van der Waals surface area contributed by atoms with Crippen LogP contribution in [0.25, 0.3) is 0 Å². The van der Waals surface area contributed by atoms with Crippen molar-refractivity contribution in [1.29, 1.82) is 0 Å². The predicted octanol–water partition coefficient (Wildman–Crippen LogP) is 7.91. The van der Waals surface area contributed by atoms with Crippen molar-refractivity contribution >= 4 is 52.2 Å². The van der Waals surface area contributed by atoms with Gasteiger partial charge in [0.25, 0.3) is 0 Å². The molecule has 0 heterocycles. The number of carbonyl (C=O) groups is 1. The van der Waals surface area contributed by atoms with E-state index in [0.29, 0.717) is 46.7 Å². The third-order valence-electron chi connectivity index (χ3n) is 4.26. The van der Waals surface area contributed by atoms with Crippen molar-refractivity contribution < 1.29 is 19.0 Å². The van der Waals surface area contributed by atoms with Crippen LogP contribution in [0, 0.1) is 0 Å². The number of hydrogen-bond donors (Lipinski definition) is 0. The Morgan fingerprint density at radius 2 is 1.48 bits per heavy atom. The molecule has 0 aliphatic rings. The van der Waals surface area contributed by atoms with E-state index < -0.39 is 0 Å². The molecule has 0 atom stereocenters. The van der Waals surface area contributed by atoms with Crippen molar-refractivity contribution in [2.45, 2.75) is 32.6 Å². The molecular formula is C23H24Cl4O4. The molecule has 4 nitrogen and oxygen atoms in total. The average Bonchev–Trinajstić information content (AvgIpc) is 2.74. The highest BCUT2D eigenvalue weighted by atomic mass is 35.5. The summed E-state index contributed by atoms with van der Waals surface area (Å²) in [6.07, 6.45) is 4.65. The van der Waals surface area contributed by atoms with E-state index in [1.807, 2.05) is 19.1 Å². The molecule has 2 aromatic rings. The first kappa shape index (κ1) is 25.7. The third-order valence-corrected chi connectivity index (χ3v) is 5.13. The smallest absolute Gasteiger partial charge is 0.162 e. The van der Waals surface area contributed by atoms with Crippen LogP contribution in [-0.2, 0) is 0 Å². The van der Waals surface area contributed by atoms with E-state index in [1.54, 1.807) is 24.3 Å². The zero-order valence-corrected chi connectivity index (χ0v) is 20.2. The first-order valence-electron chi connectivity index (χ1n) is 9.92. The van der Waals surface area contributed by atoms with E-state index in [2.05, 4.69) is 0 Å². The lowest BCUT2D eigenvalue weighted by Gasteiger charge is -2.12. The molecule has 0 aromatic heterocycles. The van der Waals surface area contributed by atoms with E-state index in [4.69, 9.17) is 60.6 Å². The molecule has 168 valence electrons. The molecule has 0 saturated heterocycles. The summed E-state index contributed by atoms with van der Waals surface area (Å²) < 4.78 is 17.0. The van der Waals surface area contributed by atoms with Crippen LogP contribution < -0.4 is 14.2 Å². The number of carbonyl (C=O) groups excluding carboxylic acids is 1. The van der Waals surface area contributed by atoms with Crippen LogP contribution in [0.2, 0.25) is 10.0 Å². The van der Waals surface area contributed by atoms with E-state index in [1.165, 1.54) is 6.08 Å². The standard InChI is InChI=1S/C23H24Cl4O4/c1-2-21(28)16-6-8-17(9-7-16)29-11-4-3-5-12-31-23-19(24)14-18(15-20(23)25)30-13-10-22(26)27/h6-10,14-15H,2-5,11-13H2,1H3. The molecule has 0 bridgehead atoms. The van der Waals surface area contributed by atoms with Gasteiger partial charge in [-0.2, -0.15) is 0 Å². The van der Waals surface area contributed by atoms with E-state index in [9.17, 15) is 4.79 Å². The molecule has 0 saturated carbocycles. The normalized spacial score (nSPS) is 10.5. The highest BCUT2D eigenvalue weighted by Crippen LogP contribution is 2.37. The largest absolute Gasteiger partial charge is 0.494 e. The quantitative estimate of drug-likeness (QED) is 0.205. The lowest BCUT2D eigenvalue weighted by Crippen LogP contribution is -2.02. The fourth-order valence-corrected chi connectivity index (χ4v) is 3.35. The lowest BCUT2D eigenvalue weighted by molar-refractivity contribution is 0.0988. The molecule has 0 fully saturated rings. The second-order valence-electron chi connectivity index (χ2n) is 6.58. The van der Waals surface area contributed by atoms with Gasteiger partial charge in [0.1, 0.15) is 22.6 Å². The van der Waals surface area contributed by atoms with Gasteiger partial charge in [-0.05, 0) is 49.6 Å². The fourth-order valence-electron chi connectivity index (χ4n) is 2.65. The Bertz CT molecular complexity index is 855. The monoisotopic (exact) mass is 504 g/mol. The number of hydrogen-bond acceptors (Lipinski definition) is 4. The van der Waals surface area contributed by atoms with Gasteiger partial charge in [0, 0.05) is 24.1 Å². The summed E-state index contributed by atoms with van der Waals surface area (Å²) in [6.45, 7) is 3.13. The summed E-state index contributed by atoms with van der Waals surface area (Å²) in [4.78, 5) is 11.6. The zero-order valence-electron chi connectivity index (χ0n) is 17.1. The van der Waals surface area contributed by atoms with Gasteiger partial charge in [-0.1, -0.05) is 53.3 Å². The highest BCUT2D eigenvalue weighted by molar-refractivity contribution is 6.55. The number of benzene rings is 2. The fraction of sp³-hybridized carbons (Fsp3) is 0.348. The van der Waals surface area contributed by atoms with E-state index in [0.717, 1.165) is 25.0 Å². The summed E-state index contributed by atoms with van der Waals surface area (Å²) in [5.41, 5.74) is 0.709. The minimum Gasteiger partial charge on any atom is -0.494 e. The molecule has 0 aliphatic carbocycles. The molecule has 0 amide bonds. The number of rotatable bonds is 13. The van der Waals surface area contributed by atoms with Crippen LogP contribution in [0.5, 0.6) is 17.2 Å². The van der Waals surface area contributed by atoms with Crippen LogP contribution in [-0.4, -0.2) is 25.6 Å². The van der Waals surface area contributed by atoms with Crippen molar-refractivity contribution in [2.75, 3.05) is 19.8 Å². The zero-order chi connectivity index (χ0) is 22.6. The second-order valence-corrected chi connectivity index (χ2v) is 8.40. The predicted molar refractivity (Wildman–Crippen MR) is 128 cm³/mol. The molecule has 8 heteroatoms. The van der Waals surface area contributed by atoms with Crippen molar-refractivity contribution in [3.63, 3.8) is 0 Å².